The van der Waals surface area contributed by atoms with Crippen molar-refractivity contribution in [2.45, 2.75) is 31.5 Å². The molecule has 0 spiro atoms. The molecule has 2 aromatic heterocycles. The first-order chi connectivity index (χ1) is 17.6. The van der Waals surface area contributed by atoms with E-state index in [4.69, 9.17) is 0 Å². The van der Waals surface area contributed by atoms with Gasteiger partial charge in [-0.1, -0.05) is 18.7 Å². The average Bonchev–Trinajstić information content (AvgIpc) is 3.71. The van der Waals surface area contributed by atoms with E-state index in [1.54, 1.807) is 24.5 Å². The summed E-state index contributed by atoms with van der Waals surface area (Å²) in [6, 6.07) is 5.61. The van der Waals surface area contributed by atoms with Crippen LogP contribution in [0.25, 0.3) is 11.1 Å². The molecule has 0 atom stereocenters. The summed E-state index contributed by atoms with van der Waals surface area (Å²) in [7, 11) is 2.00. The Morgan fingerprint density at radius 3 is 2.46 bits per heavy atom. The SMILES string of the molecule is C=C/C(=C\N(C)C1CC1)Nc1ncc(-c2ccc(CC(=O)Nc3cncc(C(F)(F)F)c3)c(F)c2)cn1. The highest BCUT2D eigenvalue weighted by Crippen LogP contribution is 2.30. The van der Waals surface area contributed by atoms with E-state index in [2.05, 4.69) is 37.1 Å². The smallest absolute Gasteiger partial charge is 0.376 e. The fourth-order valence-electron chi connectivity index (χ4n) is 3.53. The molecule has 0 unspecified atom stereocenters. The summed E-state index contributed by atoms with van der Waals surface area (Å²) in [6.07, 6.45) is 5.81. The lowest BCUT2D eigenvalue weighted by atomic mass is 10.0. The number of allylic oxidation sites excluding steroid dienone is 1. The van der Waals surface area contributed by atoms with Gasteiger partial charge in [0, 0.05) is 43.4 Å². The van der Waals surface area contributed by atoms with Crippen LogP contribution in [0, 0.1) is 5.82 Å². The minimum Gasteiger partial charge on any atom is -0.376 e. The van der Waals surface area contributed by atoms with Gasteiger partial charge >= 0.3 is 6.18 Å². The van der Waals surface area contributed by atoms with Crippen LogP contribution in [0.15, 0.2) is 73.6 Å². The van der Waals surface area contributed by atoms with Crippen molar-refractivity contribution in [1.82, 2.24) is 19.9 Å². The molecule has 0 saturated heterocycles. The van der Waals surface area contributed by atoms with Gasteiger partial charge in [0.05, 0.1) is 29.6 Å². The Bertz CT molecular complexity index is 1320. The van der Waals surface area contributed by atoms with E-state index in [1.807, 2.05) is 13.2 Å². The number of alkyl halides is 3. The van der Waals surface area contributed by atoms with Gasteiger partial charge in [0.25, 0.3) is 0 Å². The van der Waals surface area contributed by atoms with Crippen molar-refractivity contribution in [2.24, 2.45) is 0 Å². The van der Waals surface area contributed by atoms with E-state index < -0.39 is 23.5 Å². The van der Waals surface area contributed by atoms with Crippen LogP contribution in [-0.4, -0.2) is 38.8 Å². The maximum absolute atomic E-state index is 14.7. The maximum Gasteiger partial charge on any atom is 0.417 e. The van der Waals surface area contributed by atoms with Gasteiger partial charge in [-0.3, -0.25) is 9.78 Å². The summed E-state index contributed by atoms with van der Waals surface area (Å²) < 4.78 is 53.2. The maximum atomic E-state index is 14.7. The number of hydrogen-bond acceptors (Lipinski definition) is 6. The lowest BCUT2D eigenvalue weighted by molar-refractivity contribution is -0.137. The summed E-state index contributed by atoms with van der Waals surface area (Å²) in [5.74, 6) is -0.959. The molecule has 1 aliphatic rings. The van der Waals surface area contributed by atoms with Gasteiger partial charge in [0.1, 0.15) is 5.82 Å². The van der Waals surface area contributed by atoms with Crippen LogP contribution >= 0.6 is 0 Å². The van der Waals surface area contributed by atoms with Crippen LogP contribution in [0.4, 0.5) is 29.2 Å². The molecule has 1 fully saturated rings. The van der Waals surface area contributed by atoms with E-state index in [0.29, 0.717) is 29.3 Å². The van der Waals surface area contributed by atoms with Crippen LogP contribution in [0.5, 0.6) is 0 Å². The molecule has 1 aromatic carbocycles. The molecular weight excluding hydrogens is 488 g/mol. The highest BCUT2D eigenvalue weighted by Gasteiger charge is 2.31. The number of benzene rings is 1. The van der Waals surface area contributed by atoms with Gasteiger partial charge in [0.15, 0.2) is 0 Å². The van der Waals surface area contributed by atoms with Gasteiger partial charge in [0.2, 0.25) is 11.9 Å². The molecule has 1 saturated carbocycles. The molecule has 2 N–H and O–H groups in total. The summed E-state index contributed by atoms with van der Waals surface area (Å²) in [4.78, 5) is 26.4. The van der Waals surface area contributed by atoms with Crippen molar-refractivity contribution in [3.8, 4) is 11.1 Å². The third-order valence-electron chi connectivity index (χ3n) is 5.68. The Kier molecular flexibility index (Phi) is 7.51. The topological polar surface area (TPSA) is 83.0 Å². The number of amides is 1. The number of halogens is 4. The fraction of sp³-hybridized carbons (Fsp3) is 0.231. The normalized spacial score (nSPS) is 13.7. The predicted molar refractivity (Wildman–Crippen MR) is 132 cm³/mol. The Hall–Kier alpha value is -4.28. The Morgan fingerprint density at radius 2 is 1.84 bits per heavy atom. The highest BCUT2D eigenvalue weighted by atomic mass is 19.4. The molecular formula is C26H24F4N6O. The quantitative estimate of drug-likeness (QED) is 0.295. The number of pyridine rings is 1. The average molecular weight is 513 g/mol. The molecule has 0 radical (unpaired) electrons. The van der Waals surface area contributed by atoms with E-state index in [1.165, 1.54) is 12.1 Å². The van der Waals surface area contributed by atoms with Crippen LogP contribution < -0.4 is 10.6 Å². The molecule has 0 bridgehead atoms. The van der Waals surface area contributed by atoms with Gasteiger partial charge in [-0.05, 0) is 42.2 Å². The fourth-order valence-corrected chi connectivity index (χ4v) is 3.53. The lowest BCUT2D eigenvalue weighted by Gasteiger charge is -2.15. The minimum absolute atomic E-state index is 0.0842. The monoisotopic (exact) mass is 512 g/mol. The standard InChI is InChI=1S/C26H24F4N6O/c1-3-20(15-36(2)22-6-7-22)35-25-32-11-18(12-33-25)16-4-5-17(23(27)8-16)9-24(37)34-21-10-19(13-31-14-21)26(28,29)30/h3-5,8,10-15,22H,1,6-7,9H2,2H3,(H,34,37)(H,32,33,35)/b20-15+. The molecule has 1 amide bonds. The molecule has 192 valence electrons. The van der Waals surface area contributed by atoms with E-state index in [-0.39, 0.29) is 17.7 Å². The summed E-state index contributed by atoms with van der Waals surface area (Å²) in [5, 5.41) is 5.40. The van der Waals surface area contributed by atoms with Crippen molar-refractivity contribution in [3.63, 3.8) is 0 Å². The second kappa shape index (κ2) is 10.8. The second-order valence-electron chi connectivity index (χ2n) is 8.60. The molecule has 7 nitrogen and oxygen atoms in total. The summed E-state index contributed by atoms with van der Waals surface area (Å²) in [5.41, 5.74) is 0.776. The predicted octanol–water partition coefficient (Wildman–Crippen LogP) is 5.41. The first-order valence-corrected chi connectivity index (χ1v) is 11.4. The molecule has 37 heavy (non-hydrogen) atoms. The van der Waals surface area contributed by atoms with Crippen LogP contribution in [0.1, 0.15) is 24.0 Å². The molecule has 3 aromatic rings. The number of nitrogens with zero attached hydrogens (tertiary/aromatic N) is 4. The molecule has 11 heteroatoms. The number of hydrogen-bond donors (Lipinski definition) is 2. The largest absolute Gasteiger partial charge is 0.417 e. The zero-order valence-corrected chi connectivity index (χ0v) is 19.9. The van der Waals surface area contributed by atoms with Gasteiger partial charge in [-0.15, -0.1) is 0 Å². The molecule has 1 aliphatic carbocycles. The van der Waals surface area contributed by atoms with Crippen molar-refractivity contribution in [3.05, 3.63) is 90.5 Å². The van der Waals surface area contributed by atoms with Gasteiger partial charge in [-0.25, -0.2) is 14.4 Å². The lowest BCUT2D eigenvalue weighted by Crippen LogP contribution is -2.16. The summed E-state index contributed by atoms with van der Waals surface area (Å²) >= 11 is 0. The third-order valence-corrected chi connectivity index (χ3v) is 5.68. The first kappa shape index (κ1) is 25.8. The van der Waals surface area contributed by atoms with E-state index in [0.717, 1.165) is 30.8 Å². The number of carbonyl (C=O) groups excluding carboxylic acids is 1. The van der Waals surface area contributed by atoms with E-state index in [9.17, 15) is 22.4 Å². The van der Waals surface area contributed by atoms with Crippen LogP contribution in [-0.2, 0) is 17.4 Å². The van der Waals surface area contributed by atoms with E-state index >= 15 is 0 Å². The Labute approximate surface area is 211 Å². The number of carbonyl (C=O) groups is 1. The Balaban J connectivity index is 1.39. The summed E-state index contributed by atoms with van der Waals surface area (Å²) in [6.45, 7) is 3.80. The first-order valence-electron chi connectivity index (χ1n) is 11.4. The minimum atomic E-state index is -4.59. The highest BCUT2D eigenvalue weighted by molar-refractivity contribution is 5.92. The number of nitrogens with one attached hydrogen (secondary N) is 2. The van der Waals surface area contributed by atoms with Crippen molar-refractivity contribution < 1.29 is 22.4 Å². The Morgan fingerprint density at radius 1 is 1.11 bits per heavy atom. The molecule has 4 rings (SSSR count). The van der Waals surface area contributed by atoms with Crippen molar-refractivity contribution in [2.75, 3.05) is 17.7 Å². The van der Waals surface area contributed by atoms with Crippen molar-refractivity contribution >= 4 is 17.5 Å². The number of aromatic nitrogens is 3. The molecule has 2 heterocycles. The third kappa shape index (κ3) is 6.90. The second-order valence-corrected chi connectivity index (χ2v) is 8.60. The zero-order chi connectivity index (χ0) is 26.6. The van der Waals surface area contributed by atoms with Gasteiger partial charge < -0.3 is 15.5 Å². The number of rotatable bonds is 9. The number of anilines is 2. The van der Waals surface area contributed by atoms with Crippen LogP contribution in [0.2, 0.25) is 0 Å². The molecule has 0 aliphatic heterocycles. The van der Waals surface area contributed by atoms with Gasteiger partial charge in [-0.2, -0.15) is 13.2 Å². The van der Waals surface area contributed by atoms with Crippen molar-refractivity contribution in [1.29, 1.82) is 0 Å². The zero-order valence-electron chi connectivity index (χ0n) is 19.9. The van der Waals surface area contributed by atoms with Crippen LogP contribution in [0.3, 0.4) is 0 Å².